The molecule has 2 aliphatic rings. The van der Waals surface area contributed by atoms with E-state index in [-0.39, 0.29) is 31.6 Å². The number of carbonyl (C=O) groups is 2. The van der Waals surface area contributed by atoms with Crippen molar-refractivity contribution in [3.05, 3.63) is 35.0 Å². The van der Waals surface area contributed by atoms with E-state index in [0.29, 0.717) is 28.3 Å². The topological polar surface area (TPSA) is 100 Å². The van der Waals surface area contributed by atoms with Gasteiger partial charge >= 0.3 is 6.03 Å². The molecule has 0 aromatic heterocycles. The summed E-state index contributed by atoms with van der Waals surface area (Å²) in [6.45, 7) is 0.343. The van der Waals surface area contributed by atoms with Gasteiger partial charge in [0.15, 0.2) is 0 Å². The van der Waals surface area contributed by atoms with Crippen molar-refractivity contribution < 1.29 is 24.2 Å². The standard InChI is InChI=1S/C16H19N3O5/c1-23-9-3-4-12(24-2)10(7-9)14-13-11(17-16(22)18-14)8-19(5-6-20)15(13)21/h3-4,7,14,20H,5-6,8H2,1-2H3,(H2,17,18,22)/t14-/m1/s1. The minimum absolute atomic E-state index is 0.138. The molecule has 2 aliphatic heterocycles. The van der Waals surface area contributed by atoms with Crippen LogP contribution in [0.3, 0.4) is 0 Å². The van der Waals surface area contributed by atoms with Crippen molar-refractivity contribution in [2.24, 2.45) is 0 Å². The number of nitrogens with zero attached hydrogens (tertiary/aromatic N) is 1. The fraction of sp³-hybridized carbons (Fsp3) is 0.375. The number of aliphatic hydroxyl groups is 1. The quantitative estimate of drug-likeness (QED) is 0.712. The molecule has 1 aromatic rings. The molecule has 1 atom stereocenters. The number of methoxy groups -OCH3 is 2. The molecule has 2 heterocycles. The molecule has 0 saturated heterocycles. The first-order chi connectivity index (χ1) is 11.6. The molecule has 24 heavy (non-hydrogen) atoms. The Bertz CT molecular complexity index is 716. The Morgan fingerprint density at radius 2 is 2.08 bits per heavy atom. The summed E-state index contributed by atoms with van der Waals surface area (Å²) in [5, 5.41) is 14.6. The van der Waals surface area contributed by atoms with Crippen molar-refractivity contribution in [3.8, 4) is 11.5 Å². The zero-order chi connectivity index (χ0) is 17.3. The Kier molecular flexibility index (Phi) is 4.30. The Morgan fingerprint density at radius 3 is 2.75 bits per heavy atom. The van der Waals surface area contributed by atoms with Crippen LogP contribution in [0.2, 0.25) is 0 Å². The van der Waals surface area contributed by atoms with Crippen molar-refractivity contribution in [2.75, 3.05) is 33.9 Å². The number of hydrogen-bond donors (Lipinski definition) is 3. The van der Waals surface area contributed by atoms with Crippen LogP contribution in [0.1, 0.15) is 11.6 Å². The molecular formula is C16H19N3O5. The molecule has 128 valence electrons. The van der Waals surface area contributed by atoms with Gasteiger partial charge in [-0.1, -0.05) is 0 Å². The lowest BCUT2D eigenvalue weighted by atomic mass is 9.95. The molecule has 8 nitrogen and oxygen atoms in total. The third-order valence-electron chi connectivity index (χ3n) is 4.14. The van der Waals surface area contributed by atoms with Crippen LogP contribution < -0.4 is 20.1 Å². The number of nitrogens with one attached hydrogen (secondary N) is 2. The Labute approximate surface area is 139 Å². The maximum atomic E-state index is 12.7. The van der Waals surface area contributed by atoms with Crippen LogP contribution in [0.4, 0.5) is 4.79 Å². The minimum Gasteiger partial charge on any atom is -0.497 e. The van der Waals surface area contributed by atoms with E-state index in [9.17, 15) is 9.59 Å². The first kappa shape index (κ1) is 16.1. The Morgan fingerprint density at radius 1 is 1.29 bits per heavy atom. The minimum atomic E-state index is -0.644. The molecule has 0 unspecified atom stereocenters. The summed E-state index contributed by atoms with van der Waals surface area (Å²) < 4.78 is 10.6. The number of β-amino-alcohol motifs (C(OH)–C–C–N with tert-alkyl or cyclic N) is 1. The van der Waals surface area contributed by atoms with Gasteiger partial charge in [-0.25, -0.2) is 4.79 Å². The van der Waals surface area contributed by atoms with Crippen molar-refractivity contribution in [1.82, 2.24) is 15.5 Å². The second-order valence-corrected chi connectivity index (χ2v) is 5.48. The zero-order valence-corrected chi connectivity index (χ0v) is 13.5. The number of amides is 3. The van der Waals surface area contributed by atoms with Gasteiger partial charge in [0.05, 0.1) is 44.7 Å². The number of carbonyl (C=O) groups excluding carboxylic acids is 2. The highest BCUT2D eigenvalue weighted by Crippen LogP contribution is 2.38. The second-order valence-electron chi connectivity index (χ2n) is 5.48. The van der Waals surface area contributed by atoms with Gasteiger partial charge in [0.2, 0.25) is 0 Å². The second kappa shape index (κ2) is 6.40. The normalized spacial score (nSPS) is 19.8. The third kappa shape index (κ3) is 2.65. The lowest BCUT2D eigenvalue weighted by Gasteiger charge is -2.27. The molecule has 0 aliphatic carbocycles. The van der Waals surface area contributed by atoms with Gasteiger partial charge in [-0.15, -0.1) is 0 Å². The molecule has 0 saturated carbocycles. The van der Waals surface area contributed by atoms with Crippen LogP contribution in [0.15, 0.2) is 29.5 Å². The van der Waals surface area contributed by atoms with Crippen molar-refractivity contribution >= 4 is 11.9 Å². The van der Waals surface area contributed by atoms with Gasteiger partial charge in [0, 0.05) is 12.1 Å². The van der Waals surface area contributed by atoms with E-state index >= 15 is 0 Å². The van der Waals surface area contributed by atoms with Crippen LogP contribution >= 0.6 is 0 Å². The van der Waals surface area contributed by atoms with E-state index < -0.39 is 6.04 Å². The summed E-state index contributed by atoms with van der Waals surface area (Å²) in [7, 11) is 3.07. The van der Waals surface area contributed by atoms with E-state index in [0.717, 1.165) is 0 Å². The summed E-state index contributed by atoms with van der Waals surface area (Å²) in [6.07, 6.45) is 0. The Balaban J connectivity index is 2.05. The molecule has 0 fully saturated rings. The lowest BCUT2D eigenvalue weighted by molar-refractivity contribution is -0.126. The van der Waals surface area contributed by atoms with E-state index in [4.69, 9.17) is 14.6 Å². The molecule has 0 radical (unpaired) electrons. The number of ether oxygens (including phenoxy) is 2. The molecular weight excluding hydrogens is 314 g/mol. The lowest BCUT2D eigenvalue weighted by Crippen LogP contribution is -2.44. The van der Waals surface area contributed by atoms with Crippen LogP contribution in [-0.4, -0.2) is 55.9 Å². The summed E-state index contributed by atoms with van der Waals surface area (Å²) in [6, 6.07) is 4.18. The van der Waals surface area contributed by atoms with Gasteiger partial charge < -0.3 is 30.1 Å². The number of urea groups is 1. The van der Waals surface area contributed by atoms with E-state index in [1.807, 2.05) is 0 Å². The van der Waals surface area contributed by atoms with Crippen molar-refractivity contribution in [2.45, 2.75) is 6.04 Å². The summed E-state index contributed by atoms with van der Waals surface area (Å²) in [4.78, 5) is 26.2. The fourth-order valence-electron chi connectivity index (χ4n) is 3.03. The van der Waals surface area contributed by atoms with Crippen LogP contribution in [0.5, 0.6) is 11.5 Å². The fourth-order valence-corrected chi connectivity index (χ4v) is 3.03. The average molecular weight is 333 g/mol. The van der Waals surface area contributed by atoms with Crippen LogP contribution in [-0.2, 0) is 4.79 Å². The number of benzene rings is 1. The third-order valence-corrected chi connectivity index (χ3v) is 4.14. The smallest absolute Gasteiger partial charge is 0.319 e. The van der Waals surface area contributed by atoms with Crippen LogP contribution in [0.25, 0.3) is 0 Å². The zero-order valence-electron chi connectivity index (χ0n) is 13.5. The number of hydrogen-bond acceptors (Lipinski definition) is 5. The maximum absolute atomic E-state index is 12.7. The molecule has 0 bridgehead atoms. The first-order valence-corrected chi connectivity index (χ1v) is 7.51. The van der Waals surface area contributed by atoms with Gasteiger partial charge in [-0.05, 0) is 18.2 Å². The number of aliphatic hydroxyl groups excluding tert-OH is 1. The molecule has 0 spiro atoms. The predicted molar refractivity (Wildman–Crippen MR) is 84.6 cm³/mol. The largest absolute Gasteiger partial charge is 0.497 e. The molecule has 3 N–H and O–H groups in total. The SMILES string of the molecule is COc1ccc(OC)c([C@H]2NC(=O)NC3=C2C(=O)N(CCO)C3)c1. The Hall–Kier alpha value is -2.74. The highest BCUT2D eigenvalue weighted by Gasteiger charge is 2.41. The van der Waals surface area contributed by atoms with Crippen molar-refractivity contribution in [1.29, 1.82) is 0 Å². The summed E-state index contributed by atoms with van der Waals surface area (Å²) in [5.74, 6) is 0.920. The monoisotopic (exact) mass is 333 g/mol. The highest BCUT2D eigenvalue weighted by molar-refractivity contribution is 6.01. The molecule has 3 rings (SSSR count). The molecule has 1 aromatic carbocycles. The highest BCUT2D eigenvalue weighted by atomic mass is 16.5. The average Bonchev–Trinajstić information content (AvgIpc) is 2.89. The van der Waals surface area contributed by atoms with Crippen LogP contribution in [0, 0.1) is 0 Å². The van der Waals surface area contributed by atoms with Gasteiger partial charge in [0.25, 0.3) is 5.91 Å². The molecule has 3 amide bonds. The summed E-state index contributed by atoms with van der Waals surface area (Å²) >= 11 is 0. The van der Waals surface area contributed by atoms with E-state index in [2.05, 4.69) is 10.6 Å². The van der Waals surface area contributed by atoms with Gasteiger partial charge in [-0.2, -0.15) is 0 Å². The van der Waals surface area contributed by atoms with E-state index in [1.54, 1.807) is 25.3 Å². The maximum Gasteiger partial charge on any atom is 0.319 e. The first-order valence-electron chi connectivity index (χ1n) is 7.51. The van der Waals surface area contributed by atoms with E-state index in [1.165, 1.54) is 12.0 Å². The predicted octanol–water partition coefficient (Wildman–Crippen LogP) is 0.146. The van der Waals surface area contributed by atoms with Gasteiger partial charge in [-0.3, -0.25) is 4.79 Å². The summed E-state index contributed by atoms with van der Waals surface area (Å²) in [5.41, 5.74) is 1.64. The number of rotatable bonds is 5. The van der Waals surface area contributed by atoms with Gasteiger partial charge in [0.1, 0.15) is 11.5 Å². The van der Waals surface area contributed by atoms with Crippen molar-refractivity contribution in [3.63, 3.8) is 0 Å². The molecule has 8 heteroatoms.